The maximum atomic E-state index is 3.54. The van der Waals surface area contributed by atoms with E-state index in [1.54, 1.807) is 0 Å². The SMILES string of the molecule is CC(C)(C)NCCC1CSCCN1. The fourth-order valence-corrected chi connectivity index (χ4v) is 2.42. The van der Waals surface area contributed by atoms with Gasteiger partial charge < -0.3 is 10.6 Å². The van der Waals surface area contributed by atoms with Crippen LogP contribution < -0.4 is 10.6 Å². The van der Waals surface area contributed by atoms with Crippen LogP contribution in [0.2, 0.25) is 0 Å². The molecule has 0 bridgehead atoms. The molecule has 1 aliphatic rings. The lowest BCUT2D eigenvalue weighted by Crippen LogP contribution is -2.42. The molecule has 0 radical (unpaired) electrons. The highest BCUT2D eigenvalue weighted by Gasteiger charge is 2.14. The van der Waals surface area contributed by atoms with Gasteiger partial charge in [-0.05, 0) is 33.7 Å². The molecule has 0 aromatic rings. The first-order valence-corrected chi connectivity index (χ1v) is 6.29. The molecule has 78 valence electrons. The zero-order valence-electron chi connectivity index (χ0n) is 9.02. The van der Waals surface area contributed by atoms with E-state index >= 15 is 0 Å². The second kappa shape index (κ2) is 5.23. The zero-order chi connectivity index (χ0) is 9.73. The summed E-state index contributed by atoms with van der Waals surface area (Å²) in [4.78, 5) is 0. The van der Waals surface area contributed by atoms with E-state index in [0.717, 1.165) is 12.6 Å². The monoisotopic (exact) mass is 202 g/mol. The molecular weight excluding hydrogens is 180 g/mol. The second-order valence-electron chi connectivity index (χ2n) is 4.69. The summed E-state index contributed by atoms with van der Waals surface area (Å²) < 4.78 is 0. The third-order valence-electron chi connectivity index (χ3n) is 2.15. The Morgan fingerprint density at radius 1 is 1.46 bits per heavy atom. The first-order chi connectivity index (χ1) is 6.08. The van der Waals surface area contributed by atoms with Crippen molar-refractivity contribution >= 4 is 11.8 Å². The molecule has 0 spiro atoms. The molecule has 2 N–H and O–H groups in total. The Bertz CT molecular complexity index is 136. The Balaban J connectivity index is 2.04. The summed E-state index contributed by atoms with van der Waals surface area (Å²) in [5, 5.41) is 7.06. The first-order valence-electron chi connectivity index (χ1n) is 5.14. The van der Waals surface area contributed by atoms with E-state index in [2.05, 4.69) is 43.2 Å². The first kappa shape index (κ1) is 11.3. The van der Waals surface area contributed by atoms with Gasteiger partial charge in [0.15, 0.2) is 0 Å². The van der Waals surface area contributed by atoms with E-state index in [9.17, 15) is 0 Å². The molecule has 0 aromatic carbocycles. The van der Waals surface area contributed by atoms with Gasteiger partial charge in [0.05, 0.1) is 0 Å². The van der Waals surface area contributed by atoms with Crippen molar-refractivity contribution in [3.63, 3.8) is 0 Å². The van der Waals surface area contributed by atoms with Gasteiger partial charge in [-0.25, -0.2) is 0 Å². The van der Waals surface area contributed by atoms with E-state index in [1.807, 2.05) is 0 Å². The standard InChI is InChI=1S/C10H22N2S/c1-10(2,3)12-5-4-9-8-13-7-6-11-9/h9,11-12H,4-8H2,1-3H3. The number of rotatable bonds is 3. The highest BCUT2D eigenvalue weighted by atomic mass is 32.2. The van der Waals surface area contributed by atoms with Crippen LogP contribution in [0.25, 0.3) is 0 Å². The molecule has 2 nitrogen and oxygen atoms in total. The molecule has 0 amide bonds. The van der Waals surface area contributed by atoms with Crippen LogP contribution in [-0.4, -0.2) is 36.2 Å². The van der Waals surface area contributed by atoms with Gasteiger partial charge in [-0.3, -0.25) is 0 Å². The Labute approximate surface area is 86.2 Å². The molecule has 0 aliphatic carbocycles. The summed E-state index contributed by atoms with van der Waals surface area (Å²) in [7, 11) is 0. The molecule has 1 atom stereocenters. The average Bonchev–Trinajstić information content (AvgIpc) is 2.04. The van der Waals surface area contributed by atoms with Crippen LogP contribution in [0.3, 0.4) is 0 Å². The van der Waals surface area contributed by atoms with Crippen molar-refractivity contribution in [3.8, 4) is 0 Å². The van der Waals surface area contributed by atoms with Gasteiger partial charge in [0.25, 0.3) is 0 Å². The average molecular weight is 202 g/mol. The molecule has 1 unspecified atom stereocenters. The summed E-state index contributed by atoms with van der Waals surface area (Å²) >= 11 is 2.07. The smallest absolute Gasteiger partial charge is 0.0170 e. The molecule has 1 heterocycles. The summed E-state index contributed by atoms with van der Waals surface area (Å²) in [5.74, 6) is 2.56. The van der Waals surface area contributed by atoms with Crippen LogP contribution in [0.5, 0.6) is 0 Å². The third-order valence-corrected chi connectivity index (χ3v) is 3.28. The Morgan fingerprint density at radius 3 is 2.77 bits per heavy atom. The van der Waals surface area contributed by atoms with Crippen molar-refractivity contribution in [1.82, 2.24) is 10.6 Å². The highest BCUT2D eigenvalue weighted by molar-refractivity contribution is 7.99. The van der Waals surface area contributed by atoms with Crippen molar-refractivity contribution in [1.29, 1.82) is 0 Å². The fourth-order valence-electron chi connectivity index (χ4n) is 1.43. The highest BCUT2D eigenvalue weighted by Crippen LogP contribution is 2.10. The van der Waals surface area contributed by atoms with Crippen molar-refractivity contribution in [2.45, 2.75) is 38.8 Å². The molecule has 1 fully saturated rings. The quantitative estimate of drug-likeness (QED) is 0.725. The van der Waals surface area contributed by atoms with E-state index in [4.69, 9.17) is 0 Å². The number of hydrogen-bond donors (Lipinski definition) is 2. The number of nitrogens with one attached hydrogen (secondary N) is 2. The Hall–Kier alpha value is 0.270. The van der Waals surface area contributed by atoms with Crippen LogP contribution in [0.15, 0.2) is 0 Å². The van der Waals surface area contributed by atoms with Crippen LogP contribution in [0, 0.1) is 0 Å². The largest absolute Gasteiger partial charge is 0.312 e. The number of hydrogen-bond acceptors (Lipinski definition) is 3. The number of thioether (sulfide) groups is 1. The van der Waals surface area contributed by atoms with E-state index < -0.39 is 0 Å². The summed E-state index contributed by atoms with van der Waals surface area (Å²) in [6, 6.07) is 0.730. The molecule has 1 aliphatic heterocycles. The third kappa shape index (κ3) is 5.55. The summed E-state index contributed by atoms with van der Waals surface area (Å²) in [6.07, 6.45) is 1.25. The second-order valence-corrected chi connectivity index (χ2v) is 5.84. The van der Waals surface area contributed by atoms with E-state index in [-0.39, 0.29) is 5.54 Å². The van der Waals surface area contributed by atoms with Crippen molar-refractivity contribution in [3.05, 3.63) is 0 Å². The predicted octanol–water partition coefficient (Wildman–Crippen LogP) is 1.47. The van der Waals surface area contributed by atoms with Gasteiger partial charge >= 0.3 is 0 Å². The van der Waals surface area contributed by atoms with E-state index in [0.29, 0.717) is 0 Å². The van der Waals surface area contributed by atoms with Crippen molar-refractivity contribution in [2.75, 3.05) is 24.6 Å². The molecule has 13 heavy (non-hydrogen) atoms. The summed E-state index contributed by atoms with van der Waals surface area (Å²) in [5.41, 5.74) is 0.266. The van der Waals surface area contributed by atoms with Gasteiger partial charge in [0.1, 0.15) is 0 Å². The van der Waals surface area contributed by atoms with Gasteiger partial charge in [0.2, 0.25) is 0 Å². The van der Waals surface area contributed by atoms with E-state index in [1.165, 1.54) is 24.5 Å². The van der Waals surface area contributed by atoms with Crippen LogP contribution in [-0.2, 0) is 0 Å². The lowest BCUT2D eigenvalue weighted by molar-refractivity contribution is 0.400. The lowest BCUT2D eigenvalue weighted by Gasteiger charge is -2.26. The Morgan fingerprint density at radius 2 is 2.23 bits per heavy atom. The fraction of sp³-hybridized carbons (Fsp3) is 1.00. The molecular formula is C10H22N2S. The van der Waals surface area contributed by atoms with Crippen molar-refractivity contribution < 1.29 is 0 Å². The lowest BCUT2D eigenvalue weighted by atomic mass is 10.1. The van der Waals surface area contributed by atoms with Crippen LogP contribution in [0.4, 0.5) is 0 Å². The molecule has 0 saturated carbocycles. The molecule has 3 heteroatoms. The maximum absolute atomic E-state index is 3.54. The maximum Gasteiger partial charge on any atom is 0.0170 e. The zero-order valence-corrected chi connectivity index (χ0v) is 9.84. The minimum absolute atomic E-state index is 0.266. The minimum Gasteiger partial charge on any atom is -0.312 e. The molecule has 1 saturated heterocycles. The molecule has 0 aromatic heterocycles. The van der Waals surface area contributed by atoms with Gasteiger partial charge in [0, 0.05) is 29.6 Å². The Kier molecular flexibility index (Phi) is 4.56. The van der Waals surface area contributed by atoms with Gasteiger partial charge in [-0.15, -0.1) is 0 Å². The normalized spacial score (nSPS) is 24.7. The topological polar surface area (TPSA) is 24.1 Å². The summed E-state index contributed by atoms with van der Waals surface area (Å²) in [6.45, 7) is 8.97. The van der Waals surface area contributed by atoms with Crippen molar-refractivity contribution in [2.24, 2.45) is 0 Å². The van der Waals surface area contributed by atoms with Crippen LogP contribution in [0.1, 0.15) is 27.2 Å². The minimum atomic E-state index is 0.266. The van der Waals surface area contributed by atoms with Gasteiger partial charge in [-0.1, -0.05) is 0 Å². The predicted molar refractivity (Wildman–Crippen MR) is 61.5 cm³/mol. The van der Waals surface area contributed by atoms with Crippen LogP contribution >= 0.6 is 11.8 Å². The van der Waals surface area contributed by atoms with Gasteiger partial charge in [-0.2, -0.15) is 11.8 Å². The molecule has 1 rings (SSSR count).